The fraction of sp³-hybridized carbons (Fsp3) is 0.441. The van der Waals surface area contributed by atoms with Crippen LogP contribution >= 0.6 is 0 Å². The smallest absolute Gasteiger partial charge is 0.322 e. The molecule has 0 bridgehead atoms. The fourth-order valence-corrected chi connectivity index (χ4v) is 5.74. The van der Waals surface area contributed by atoms with Gasteiger partial charge in [0, 0.05) is 18.3 Å². The first-order chi connectivity index (χ1) is 18.4. The number of hydrogen-bond acceptors (Lipinski definition) is 2. The predicted octanol–water partition coefficient (Wildman–Crippen LogP) is 9.09. The van der Waals surface area contributed by atoms with Crippen molar-refractivity contribution < 1.29 is 9.53 Å². The Kier molecular flexibility index (Phi) is 9.49. The Morgan fingerprint density at radius 2 is 1.45 bits per heavy atom. The van der Waals surface area contributed by atoms with Crippen molar-refractivity contribution in [1.29, 1.82) is 0 Å². The van der Waals surface area contributed by atoms with Crippen LogP contribution in [-0.2, 0) is 6.54 Å². The number of carbonyl (C=O) groups is 1. The van der Waals surface area contributed by atoms with Crippen LogP contribution in [0, 0.1) is 0 Å². The van der Waals surface area contributed by atoms with E-state index in [1.807, 2.05) is 19.1 Å². The second kappa shape index (κ2) is 13.0. The number of carbonyl (C=O) groups excluding carboxylic acids is 1. The normalized spacial score (nSPS) is 17.4. The second-order valence-electron chi connectivity index (χ2n) is 11.2. The molecule has 202 valence electrons. The van der Waals surface area contributed by atoms with Crippen LogP contribution in [0.4, 0.5) is 10.5 Å². The molecule has 0 aromatic heterocycles. The summed E-state index contributed by atoms with van der Waals surface area (Å²) in [4.78, 5) is 16.2. The lowest BCUT2D eigenvalue weighted by molar-refractivity contribution is 0.158. The molecule has 0 unspecified atom stereocenters. The molecule has 0 radical (unpaired) electrons. The van der Waals surface area contributed by atoms with Crippen molar-refractivity contribution in [2.24, 2.45) is 0 Å². The van der Waals surface area contributed by atoms with Crippen LogP contribution in [-0.4, -0.2) is 23.6 Å². The number of nitrogens with zero attached hydrogens (tertiary/aromatic N) is 1. The number of amides is 2. The molecule has 4 heteroatoms. The molecular formula is C34H44N2O2. The van der Waals surface area contributed by atoms with E-state index < -0.39 is 0 Å². The van der Waals surface area contributed by atoms with Gasteiger partial charge in [-0.25, -0.2) is 4.79 Å². The van der Waals surface area contributed by atoms with E-state index in [-0.39, 0.29) is 12.1 Å². The molecule has 1 saturated carbocycles. The molecule has 1 fully saturated rings. The van der Waals surface area contributed by atoms with E-state index in [1.54, 1.807) is 0 Å². The molecule has 0 spiro atoms. The summed E-state index contributed by atoms with van der Waals surface area (Å²) >= 11 is 0. The van der Waals surface area contributed by atoms with Gasteiger partial charge in [0.25, 0.3) is 0 Å². The van der Waals surface area contributed by atoms with E-state index in [2.05, 4.69) is 98.6 Å². The maximum absolute atomic E-state index is 14.1. The zero-order valence-corrected chi connectivity index (χ0v) is 23.7. The molecule has 1 aliphatic rings. The first-order valence-electron chi connectivity index (χ1n) is 14.3. The number of nitrogens with one attached hydrogen (secondary N) is 1. The van der Waals surface area contributed by atoms with Gasteiger partial charge < -0.3 is 15.0 Å². The number of rotatable bonds is 9. The minimum atomic E-state index is -0.00274. The number of anilines is 1. The predicted molar refractivity (Wildman–Crippen MR) is 158 cm³/mol. The third-order valence-electron chi connectivity index (χ3n) is 7.86. The van der Waals surface area contributed by atoms with Crippen molar-refractivity contribution >= 4 is 11.7 Å². The maximum Gasteiger partial charge on any atom is 0.322 e. The van der Waals surface area contributed by atoms with Gasteiger partial charge in [0.05, 0.1) is 6.61 Å². The van der Waals surface area contributed by atoms with Gasteiger partial charge in [0.15, 0.2) is 0 Å². The number of hydrogen-bond donors (Lipinski definition) is 1. The summed E-state index contributed by atoms with van der Waals surface area (Å²) in [7, 11) is 0. The van der Waals surface area contributed by atoms with Crippen molar-refractivity contribution in [3.8, 4) is 5.75 Å². The van der Waals surface area contributed by atoms with Gasteiger partial charge in [-0.15, -0.1) is 0 Å². The van der Waals surface area contributed by atoms with Crippen molar-refractivity contribution in [3.05, 3.63) is 95.1 Å². The van der Waals surface area contributed by atoms with E-state index in [1.165, 1.54) is 16.7 Å². The Bertz CT molecular complexity index is 1140. The number of para-hydroxylation sites is 1. The number of benzene rings is 3. The van der Waals surface area contributed by atoms with E-state index in [0.29, 0.717) is 30.9 Å². The van der Waals surface area contributed by atoms with Crippen LogP contribution in [0.25, 0.3) is 0 Å². The molecule has 1 N–H and O–H groups in total. The monoisotopic (exact) mass is 512 g/mol. The van der Waals surface area contributed by atoms with Gasteiger partial charge in [-0.1, -0.05) is 88.4 Å². The van der Waals surface area contributed by atoms with Gasteiger partial charge in [0.2, 0.25) is 0 Å². The minimum absolute atomic E-state index is 0.00274. The van der Waals surface area contributed by atoms with Crippen LogP contribution in [0.15, 0.2) is 72.8 Å². The lowest BCUT2D eigenvalue weighted by atomic mass is 9.81. The molecule has 0 saturated heterocycles. The van der Waals surface area contributed by atoms with Gasteiger partial charge in [-0.05, 0) is 84.7 Å². The summed E-state index contributed by atoms with van der Waals surface area (Å²) in [6.07, 6.45) is 4.21. The highest BCUT2D eigenvalue weighted by molar-refractivity contribution is 5.91. The molecule has 4 nitrogen and oxygen atoms in total. The average molecular weight is 513 g/mol. The molecule has 0 atom stereocenters. The number of urea groups is 1. The Morgan fingerprint density at radius 1 is 0.842 bits per heavy atom. The Labute approximate surface area is 229 Å². The van der Waals surface area contributed by atoms with Crippen LogP contribution in [0.2, 0.25) is 0 Å². The van der Waals surface area contributed by atoms with Gasteiger partial charge in [-0.2, -0.15) is 0 Å². The van der Waals surface area contributed by atoms with E-state index in [0.717, 1.165) is 42.7 Å². The quantitative estimate of drug-likeness (QED) is 0.311. The van der Waals surface area contributed by atoms with Gasteiger partial charge in [-0.3, -0.25) is 0 Å². The lowest BCUT2D eigenvalue weighted by Gasteiger charge is -2.37. The largest absolute Gasteiger partial charge is 0.494 e. The topological polar surface area (TPSA) is 41.6 Å². The van der Waals surface area contributed by atoms with Gasteiger partial charge in [0.1, 0.15) is 5.75 Å². The highest BCUT2D eigenvalue weighted by Crippen LogP contribution is 2.37. The summed E-state index contributed by atoms with van der Waals surface area (Å²) in [6, 6.07) is 25.6. The summed E-state index contributed by atoms with van der Waals surface area (Å²) in [5.41, 5.74) is 5.91. The maximum atomic E-state index is 14.1. The minimum Gasteiger partial charge on any atom is -0.494 e. The van der Waals surface area contributed by atoms with Crippen molar-refractivity contribution in [3.63, 3.8) is 0 Å². The van der Waals surface area contributed by atoms with Crippen LogP contribution in [0.1, 0.15) is 100 Å². The van der Waals surface area contributed by atoms with Gasteiger partial charge >= 0.3 is 6.03 Å². The molecule has 2 amide bonds. The summed E-state index contributed by atoms with van der Waals surface area (Å²) in [5, 5.41) is 3.40. The van der Waals surface area contributed by atoms with Crippen molar-refractivity contribution in [2.45, 2.75) is 90.6 Å². The molecular weight excluding hydrogens is 468 g/mol. The summed E-state index contributed by atoms with van der Waals surface area (Å²) in [5.74, 6) is 2.08. The van der Waals surface area contributed by atoms with Crippen molar-refractivity contribution in [1.82, 2.24) is 4.90 Å². The first-order valence-corrected chi connectivity index (χ1v) is 14.3. The number of ether oxygens (including phenoxy) is 1. The third-order valence-corrected chi connectivity index (χ3v) is 7.86. The Balaban J connectivity index is 1.58. The SMILES string of the molecule is CCOc1ccc(CN(C(=O)Nc2c(C(C)C)cccc2C(C)C)[C@H]2CC[C@H](c3ccccc3)CC2)cc1. The van der Waals surface area contributed by atoms with Crippen LogP contribution < -0.4 is 10.1 Å². The highest BCUT2D eigenvalue weighted by Gasteiger charge is 2.30. The Hall–Kier alpha value is -3.27. The first kappa shape index (κ1) is 27.8. The van der Waals surface area contributed by atoms with Crippen LogP contribution in [0.3, 0.4) is 0 Å². The molecule has 38 heavy (non-hydrogen) atoms. The zero-order chi connectivity index (χ0) is 27.1. The highest BCUT2D eigenvalue weighted by atomic mass is 16.5. The lowest BCUT2D eigenvalue weighted by Crippen LogP contribution is -2.44. The van der Waals surface area contributed by atoms with E-state index in [4.69, 9.17) is 4.74 Å². The zero-order valence-electron chi connectivity index (χ0n) is 23.7. The Morgan fingerprint density at radius 3 is 2.00 bits per heavy atom. The summed E-state index contributed by atoms with van der Waals surface area (Å²) < 4.78 is 5.64. The third kappa shape index (κ3) is 6.78. The molecule has 3 aromatic rings. The van der Waals surface area contributed by atoms with E-state index in [9.17, 15) is 4.79 Å². The molecule has 4 rings (SSSR count). The molecule has 1 aliphatic carbocycles. The molecule has 0 aliphatic heterocycles. The molecule has 3 aromatic carbocycles. The second-order valence-corrected chi connectivity index (χ2v) is 11.2. The molecule has 0 heterocycles. The standard InChI is InChI=1S/C34H44N2O2/c1-6-38-30-21-15-26(16-22-30)23-36(29-19-17-28(18-20-29)27-11-8-7-9-12-27)34(37)35-33-31(24(2)3)13-10-14-32(33)25(4)5/h7-16,21-22,24-25,28-29H,6,17-20,23H2,1-5H3,(H,35,37)/t28-,29-. The average Bonchev–Trinajstić information content (AvgIpc) is 2.93. The summed E-state index contributed by atoms with van der Waals surface area (Å²) in [6.45, 7) is 12.0. The van der Waals surface area contributed by atoms with Crippen LogP contribution in [0.5, 0.6) is 5.75 Å². The van der Waals surface area contributed by atoms with E-state index >= 15 is 0 Å². The fourth-order valence-electron chi connectivity index (χ4n) is 5.74. The van der Waals surface area contributed by atoms with Crippen molar-refractivity contribution in [2.75, 3.05) is 11.9 Å².